The molecule has 1 aromatic rings. The first-order valence-electron chi connectivity index (χ1n) is 7.05. The molecule has 21 heavy (non-hydrogen) atoms. The van der Waals surface area contributed by atoms with Gasteiger partial charge in [0.05, 0.1) is 19.3 Å². The van der Waals surface area contributed by atoms with Crippen molar-refractivity contribution in [2.75, 3.05) is 13.2 Å². The number of carbonyl (C=O) groups excluding carboxylic acids is 1. The van der Waals surface area contributed by atoms with E-state index in [0.29, 0.717) is 25.4 Å². The van der Waals surface area contributed by atoms with Crippen LogP contribution in [0.4, 0.5) is 0 Å². The molecule has 0 aliphatic carbocycles. The summed E-state index contributed by atoms with van der Waals surface area (Å²) in [4.78, 5) is 14.4. The summed E-state index contributed by atoms with van der Waals surface area (Å²) < 4.78 is 10.5. The maximum absolute atomic E-state index is 11.5. The zero-order chi connectivity index (χ0) is 15.7. The van der Waals surface area contributed by atoms with Crippen LogP contribution in [0.3, 0.4) is 0 Å². The van der Waals surface area contributed by atoms with E-state index in [2.05, 4.69) is 10.0 Å². The van der Waals surface area contributed by atoms with Crippen molar-refractivity contribution in [1.82, 2.24) is 0 Å². The number of rotatable bonds is 8. The minimum Gasteiger partial charge on any atom is -0.494 e. The van der Waals surface area contributed by atoms with Gasteiger partial charge in [-0.15, -0.1) is 0 Å². The van der Waals surface area contributed by atoms with Crippen LogP contribution in [0.15, 0.2) is 23.3 Å². The molecule has 0 aliphatic rings. The number of esters is 1. The maximum atomic E-state index is 11.5. The van der Waals surface area contributed by atoms with Gasteiger partial charge in [-0.2, -0.15) is 0 Å². The van der Waals surface area contributed by atoms with Gasteiger partial charge in [-0.05, 0) is 38.8 Å². The van der Waals surface area contributed by atoms with Crippen LogP contribution in [0.5, 0.6) is 5.75 Å². The smallest absolute Gasteiger partial charge is 0.305 e. The third kappa shape index (κ3) is 5.36. The molecule has 6 heteroatoms. The van der Waals surface area contributed by atoms with E-state index in [1.165, 1.54) is 0 Å². The third-order valence-electron chi connectivity index (χ3n) is 2.94. The fraction of sp³-hybridized carbons (Fsp3) is 0.533. The Balaban J connectivity index is 2.96. The van der Waals surface area contributed by atoms with Gasteiger partial charge in [-0.1, -0.05) is 22.8 Å². The molecule has 0 amide bonds. The number of nitrogens with zero attached hydrogens (tertiary/aromatic N) is 3. The van der Waals surface area contributed by atoms with Gasteiger partial charge in [0.1, 0.15) is 5.75 Å². The summed E-state index contributed by atoms with van der Waals surface area (Å²) in [5.74, 6) is 0.394. The molecule has 0 bridgehead atoms. The van der Waals surface area contributed by atoms with Gasteiger partial charge in [-0.3, -0.25) is 4.79 Å². The molecular weight excluding hydrogens is 270 g/mol. The number of ether oxygens (including phenoxy) is 2. The van der Waals surface area contributed by atoms with E-state index in [4.69, 9.17) is 15.0 Å². The standard InChI is InChI=1S/C15H21N3O3/c1-4-20-14-8-6-11(3)10-12(14)13(17-18-16)7-9-15(19)21-5-2/h6,8,10,13H,4-5,7,9H2,1-3H3. The Morgan fingerprint density at radius 1 is 1.38 bits per heavy atom. The van der Waals surface area contributed by atoms with Crippen molar-refractivity contribution in [1.29, 1.82) is 0 Å². The van der Waals surface area contributed by atoms with E-state index in [9.17, 15) is 4.79 Å². The van der Waals surface area contributed by atoms with E-state index in [0.717, 1.165) is 11.1 Å². The second kappa shape index (κ2) is 8.87. The molecule has 1 unspecified atom stereocenters. The molecule has 0 saturated heterocycles. The van der Waals surface area contributed by atoms with Gasteiger partial charge in [0.15, 0.2) is 0 Å². The minimum atomic E-state index is -0.444. The van der Waals surface area contributed by atoms with Crippen molar-refractivity contribution in [2.24, 2.45) is 5.11 Å². The zero-order valence-corrected chi connectivity index (χ0v) is 12.7. The Morgan fingerprint density at radius 3 is 2.76 bits per heavy atom. The Labute approximate surface area is 124 Å². The summed E-state index contributed by atoms with van der Waals surface area (Å²) in [6, 6.07) is 5.28. The quantitative estimate of drug-likeness (QED) is 0.313. The average molecular weight is 291 g/mol. The predicted molar refractivity (Wildman–Crippen MR) is 80.1 cm³/mol. The molecule has 0 aliphatic heterocycles. The van der Waals surface area contributed by atoms with E-state index in [1.54, 1.807) is 6.92 Å². The normalized spacial score (nSPS) is 11.4. The SMILES string of the molecule is CCOC(=O)CCC(N=[N+]=[N-])c1cc(C)ccc1OCC. The molecular formula is C15H21N3O3. The highest BCUT2D eigenvalue weighted by molar-refractivity contribution is 5.69. The summed E-state index contributed by atoms with van der Waals surface area (Å²) in [7, 11) is 0. The lowest BCUT2D eigenvalue weighted by Gasteiger charge is -2.16. The molecule has 0 fully saturated rings. The van der Waals surface area contributed by atoms with E-state index < -0.39 is 6.04 Å². The molecule has 6 nitrogen and oxygen atoms in total. The molecule has 114 valence electrons. The zero-order valence-electron chi connectivity index (χ0n) is 12.7. The molecule has 1 aromatic carbocycles. The Kier molecular flexibility index (Phi) is 7.12. The lowest BCUT2D eigenvalue weighted by molar-refractivity contribution is -0.143. The number of hydrogen-bond donors (Lipinski definition) is 0. The Morgan fingerprint density at radius 2 is 2.14 bits per heavy atom. The minimum absolute atomic E-state index is 0.205. The van der Waals surface area contributed by atoms with Gasteiger partial charge in [0, 0.05) is 16.9 Å². The first-order valence-corrected chi connectivity index (χ1v) is 7.05. The van der Waals surface area contributed by atoms with Crippen molar-refractivity contribution < 1.29 is 14.3 Å². The number of carbonyl (C=O) groups is 1. The molecule has 0 saturated carbocycles. The first kappa shape index (κ1) is 16.9. The average Bonchev–Trinajstić information content (AvgIpc) is 2.46. The predicted octanol–water partition coefficient (Wildman–Crippen LogP) is 4.09. The van der Waals surface area contributed by atoms with E-state index in [-0.39, 0.29) is 12.4 Å². The second-order valence-corrected chi connectivity index (χ2v) is 4.54. The second-order valence-electron chi connectivity index (χ2n) is 4.54. The van der Waals surface area contributed by atoms with Crippen LogP contribution in [0, 0.1) is 6.92 Å². The maximum Gasteiger partial charge on any atom is 0.305 e. The molecule has 0 spiro atoms. The number of azide groups is 1. The van der Waals surface area contributed by atoms with Crippen LogP contribution in [0.1, 0.15) is 43.9 Å². The number of aryl methyl sites for hydroxylation is 1. The van der Waals surface area contributed by atoms with Crippen molar-refractivity contribution in [3.8, 4) is 5.75 Å². The highest BCUT2D eigenvalue weighted by Gasteiger charge is 2.17. The summed E-state index contributed by atoms with van der Waals surface area (Å²) in [5.41, 5.74) is 10.6. The fourth-order valence-corrected chi connectivity index (χ4v) is 2.04. The van der Waals surface area contributed by atoms with Gasteiger partial charge < -0.3 is 9.47 Å². The van der Waals surface area contributed by atoms with Crippen molar-refractivity contribution in [2.45, 2.75) is 39.7 Å². The van der Waals surface area contributed by atoms with Gasteiger partial charge in [-0.25, -0.2) is 0 Å². The van der Waals surface area contributed by atoms with Gasteiger partial charge >= 0.3 is 5.97 Å². The van der Waals surface area contributed by atoms with Crippen LogP contribution in [0.25, 0.3) is 10.4 Å². The lowest BCUT2D eigenvalue weighted by atomic mass is 9.99. The Bertz CT molecular complexity index is 525. The van der Waals surface area contributed by atoms with Crippen LogP contribution in [0.2, 0.25) is 0 Å². The van der Waals surface area contributed by atoms with Crippen LogP contribution >= 0.6 is 0 Å². The van der Waals surface area contributed by atoms with Crippen LogP contribution < -0.4 is 4.74 Å². The topological polar surface area (TPSA) is 84.3 Å². The Hall–Kier alpha value is -2.20. The monoisotopic (exact) mass is 291 g/mol. The highest BCUT2D eigenvalue weighted by Crippen LogP contribution is 2.32. The van der Waals surface area contributed by atoms with Crippen LogP contribution in [-0.4, -0.2) is 19.2 Å². The molecule has 0 radical (unpaired) electrons. The molecule has 1 atom stereocenters. The van der Waals surface area contributed by atoms with E-state index >= 15 is 0 Å². The first-order chi connectivity index (χ1) is 10.1. The summed E-state index contributed by atoms with van der Waals surface area (Å²) >= 11 is 0. The molecule has 0 aromatic heterocycles. The van der Waals surface area contributed by atoms with E-state index in [1.807, 2.05) is 32.0 Å². The summed E-state index contributed by atoms with van der Waals surface area (Å²) in [5, 5.41) is 3.80. The number of benzene rings is 1. The molecule has 0 heterocycles. The summed E-state index contributed by atoms with van der Waals surface area (Å²) in [6.45, 7) is 6.48. The van der Waals surface area contributed by atoms with Crippen molar-refractivity contribution in [3.63, 3.8) is 0 Å². The third-order valence-corrected chi connectivity index (χ3v) is 2.94. The lowest BCUT2D eigenvalue weighted by Crippen LogP contribution is -2.07. The summed E-state index contributed by atoms with van der Waals surface area (Å²) in [6.07, 6.45) is 0.601. The molecule has 1 rings (SSSR count). The number of hydrogen-bond acceptors (Lipinski definition) is 4. The largest absolute Gasteiger partial charge is 0.494 e. The van der Waals surface area contributed by atoms with Gasteiger partial charge in [0.25, 0.3) is 0 Å². The van der Waals surface area contributed by atoms with Crippen molar-refractivity contribution >= 4 is 5.97 Å². The van der Waals surface area contributed by atoms with Crippen LogP contribution in [-0.2, 0) is 9.53 Å². The highest BCUT2D eigenvalue weighted by atomic mass is 16.5. The fourth-order valence-electron chi connectivity index (χ4n) is 2.04. The molecule has 0 N–H and O–H groups in total. The van der Waals surface area contributed by atoms with Crippen molar-refractivity contribution in [3.05, 3.63) is 39.8 Å². The van der Waals surface area contributed by atoms with Gasteiger partial charge in [0.2, 0.25) is 0 Å².